The van der Waals surface area contributed by atoms with Crippen LogP contribution >= 0.6 is 0 Å². The molecule has 98 valence electrons. The van der Waals surface area contributed by atoms with Crippen molar-refractivity contribution in [1.29, 1.82) is 0 Å². The number of likely N-dealkylation sites (tertiary alicyclic amines) is 1. The Balaban J connectivity index is 1.78. The molecule has 0 aromatic carbocycles. The lowest BCUT2D eigenvalue weighted by Gasteiger charge is -2.33. The van der Waals surface area contributed by atoms with Crippen molar-refractivity contribution >= 4 is 5.91 Å². The number of hydrogen-bond donors (Lipinski definition) is 1. The normalized spacial score (nSPS) is 27.1. The van der Waals surface area contributed by atoms with Gasteiger partial charge in [0.2, 0.25) is 5.91 Å². The molecule has 1 atom stereocenters. The number of carbonyl (C=O) groups excluding carboxylic acids is 1. The molecular weight excluding hydrogens is 212 g/mol. The first-order valence-electron chi connectivity index (χ1n) is 7.27. The van der Waals surface area contributed by atoms with Crippen LogP contribution in [0.15, 0.2) is 0 Å². The lowest BCUT2D eigenvalue weighted by Crippen LogP contribution is -2.42. The van der Waals surface area contributed by atoms with Gasteiger partial charge in [-0.3, -0.25) is 4.79 Å². The summed E-state index contributed by atoms with van der Waals surface area (Å²) in [4.78, 5) is 14.3. The summed E-state index contributed by atoms with van der Waals surface area (Å²) in [5.41, 5.74) is 5.71. The van der Waals surface area contributed by atoms with Crippen LogP contribution in [-0.2, 0) is 4.79 Å². The zero-order chi connectivity index (χ0) is 12.1. The molecule has 0 aromatic heterocycles. The Morgan fingerprint density at radius 3 is 2.47 bits per heavy atom. The molecule has 1 aliphatic carbocycles. The first kappa shape index (κ1) is 12.9. The van der Waals surface area contributed by atoms with Crippen LogP contribution in [0.5, 0.6) is 0 Å². The van der Waals surface area contributed by atoms with Crippen molar-refractivity contribution < 1.29 is 4.79 Å². The van der Waals surface area contributed by atoms with Gasteiger partial charge in [0, 0.05) is 19.5 Å². The van der Waals surface area contributed by atoms with Gasteiger partial charge in [0.25, 0.3) is 0 Å². The molecule has 17 heavy (non-hydrogen) atoms. The minimum Gasteiger partial charge on any atom is -0.342 e. The molecule has 2 N–H and O–H groups in total. The van der Waals surface area contributed by atoms with Crippen molar-refractivity contribution in [3.05, 3.63) is 0 Å². The Hall–Kier alpha value is -0.570. The quantitative estimate of drug-likeness (QED) is 0.819. The molecule has 0 spiro atoms. The monoisotopic (exact) mass is 238 g/mol. The highest BCUT2D eigenvalue weighted by Crippen LogP contribution is 2.27. The summed E-state index contributed by atoms with van der Waals surface area (Å²) in [6, 6.07) is 0. The van der Waals surface area contributed by atoms with Crippen molar-refractivity contribution in [3.63, 3.8) is 0 Å². The SMILES string of the molecule is NC[C@@H]1CCCN(C(=O)CC2CCCCC2)C1. The molecule has 2 fully saturated rings. The van der Waals surface area contributed by atoms with Crippen LogP contribution in [0.4, 0.5) is 0 Å². The van der Waals surface area contributed by atoms with Crippen molar-refractivity contribution in [2.24, 2.45) is 17.6 Å². The summed E-state index contributed by atoms with van der Waals surface area (Å²) < 4.78 is 0. The number of amides is 1. The van der Waals surface area contributed by atoms with Crippen molar-refractivity contribution in [3.8, 4) is 0 Å². The van der Waals surface area contributed by atoms with E-state index in [9.17, 15) is 4.79 Å². The molecule has 1 saturated carbocycles. The maximum absolute atomic E-state index is 12.2. The minimum atomic E-state index is 0.384. The zero-order valence-electron chi connectivity index (χ0n) is 10.9. The Morgan fingerprint density at radius 1 is 1.06 bits per heavy atom. The summed E-state index contributed by atoms with van der Waals surface area (Å²) in [6.45, 7) is 2.59. The van der Waals surface area contributed by atoms with E-state index in [1.54, 1.807) is 0 Å². The molecule has 0 radical (unpaired) electrons. The second-order valence-electron chi connectivity index (χ2n) is 5.79. The first-order valence-corrected chi connectivity index (χ1v) is 7.27. The van der Waals surface area contributed by atoms with Gasteiger partial charge in [-0.1, -0.05) is 19.3 Å². The molecule has 1 aliphatic heterocycles. The summed E-state index contributed by atoms with van der Waals surface area (Å²) >= 11 is 0. The Bertz CT molecular complexity index is 249. The maximum atomic E-state index is 12.2. The van der Waals surface area contributed by atoms with Crippen LogP contribution in [0.2, 0.25) is 0 Å². The molecule has 3 nitrogen and oxygen atoms in total. The molecular formula is C14H26N2O. The van der Waals surface area contributed by atoms with Gasteiger partial charge in [0.1, 0.15) is 0 Å². The van der Waals surface area contributed by atoms with Crippen LogP contribution in [-0.4, -0.2) is 30.4 Å². The lowest BCUT2D eigenvalue weighted by molar-refractivity contribution is -0.134. The Morgan fingerprint density at radius 2 is 1.76 bits per heavy atom. The van der Waals surface area contributed by atoms with Crippen molar-refractivity contribution in [1.82, 2.24) is 4.90 Å². The molecule has 1 heterocycles. The molecule has 2 rings (SSSR count). The molecule has 0 bridgehead atoms. The highest BCUT2D eigenvalue weighted by Gasteiger charge is 2.25. The van der Waals surface area contributed by atoms with Gasteiger partial charge in [0.15, 0.2) is 0 Å². The minimum absolute atomic E-state index is 0.384. The van der Waals surface area contributed by atoms with Gasteiger partial charge in [-0.2, -0.15) is 0 Å². The van der Waals surface area contributed by atoms with Crippen LogP contribution in [0.25, 0.3) is 0 Å². The number of rotatable bonds is 3. The average molecular weight is 238 g/mol. The van der Waals surface area contributed by atoms with E-state index < -0.39 is 0 Å². The number of piperidine rings is 1. The second kappa shape index (κ2) is 6.39. The number of nitrogens with zero attached hydrogens (tertiary/aromatic N) is 1. The largest absolute Gasteiger partial charge is 0.342 e. The Kier molecular flexibility index (Phi) is 4.84. The highest BCUT2D eigenvalue weighted by molar-refractivity contribution is 5.76. The van der Waals surface area contributed by atoms with E-state index >= 15 is 0 Å². The van der Waals surface area contributed by atoms with E-state index in [0.717, 1.165) is 32.5 Å². The van der Waals surface area contributed by atoms with E-state index in [0.29, 0.717) is 17.7 Å². The first-order chi connectivity index (χ1) is 8.29. The summed E-state index contributed by atoms with van der Waals surface area (Å²) in [5, 5.41) is 0. The second-order valence-corrected chi connectivity index (χ2v) is 5.79. The van der Waals surface area contributed by atoms with Gasteiger partial charge in [-0.05, 0) is 44.1 Å². The third kappa shape index (κ3) is 3.70. The number of nitrogens with two attached hydrogens (primary N) is 1. The molecule has 0 aromatic rings. The average Bonchev–Trinajstić information content (AvgIpc) is 2.40. The van der Waals surface area contributed by atoms with E-state index in [4.69, 9.17) is 5.73 Å². The van der Waals surface area contributed by atoms with Gasteiger partial charge in [0.05, 0.1) is 0 Å². The van der Waals surface area contributed by atoms with E-state index in [1.807, 2.05) is 0 Å². The number of hydrogen-bond acceptors (Lipinski definition) is 2. The van der Waals surface area contributed by atoms with Crippen LogP contribution in [0.3, 0.4) is 0 Å². The van der Waals surface area contributed by atoms with E-state index in [-0.39, 0.29) is 0 Å². The van der Waals surface area contributed by atoms with E-state index in [1.165, 1.54) is 38.5 Å². The highest BCUT2D eigenvalue weighted by atomic mass is 16.2. The molecule has 1 saturated heterocycles. The third-order valence-corrected chi connectivity index (χ3v) is 4.39. The van der Waals surface area contributed by atoms with Crippen LogP contribution in [0, 0.1) is 11.8 Å². The summed E-state index contributed by atoms with van der Waals surface area (Å²) in [5.74, 6) is 1.59. The predicted octanol–water partition coefficient (Wildman–Crippen LogP) is 2.15. The van der Waals surface area contributed by atoms with Gasteiger partial charge >= 0.3 is 0 Å². The maximum Gasteiger partial charge on any atom is 0.222 e. The molecule has 2 aliphatic rings. The van der Waals surface area contributed by atoms with Crippen molar-refractivity contribution in [2.75, 3.05) is 19.6 Å². The fourth-order valence-corrected chi connectivity index (χ4v) is 3.25. The Labute approximate surface area is 105 Å². The zero-order valence-corrected chi connectivity index (χ0v) is 10.9. The smallest absolute Gasteiger partial charge is 0.222 e. The fourth-order valence-electron chi connectivity index (χ4n) is 3.25. The molecule has 1 amide bonds. The van der Waals surface area contributed by atoms with E-state index in [2.05, 4.69) is 4.90 Å². The molecule has 3 heteroatoms. The van der Waals surface area contributed by atoms with Gasteiger partial charge in [-0.25, -0.2) is 0 Å². The summed E-state index contributed by atoms with van der Waals surface area (Å²) in [7, 11) is 0. The van der Waals surface area contributed by atoms with Crippen molar-refractivity contribution in [2.45, 2.75) is 51.4 Å². The van der Waals surface area contributed by atoms with Gasteiger partial charge < -0.3 is 10.6 Å². The summed E-state index contributed by atoms with van der Waals surface area (Å²) in [6.07, 6.45) is 9.66. The third-order valence-electron chi connectivity index (χ3n) is 4.39. The predicted molar refractivity (Wildman–Crippen MR) is 69.6 cm³/mol. The fraction of sp³-hybridized carbons (Fsp3) is 0.929. The number of carbonyl (C=O) groups is 1. The standard InChI is InChI=1S/C14H26N2O/c15-10-13-7-4-8-16(11-13)14(17)9-12-5-2-1-3-6-12/h12-13H,1-11,15H2/t13-/m0/s1. The van der Waals surface area contributed by atoms with Crippen LogP contribution < -0.4 is 5.73 Å². The topological polar surface area (TPSA) is 46.3 Å². The molecule has 0 unspecified atom stereocenters. The van der Waals surface area contributed by atoms with Gasteiger partial charge in [-0.15, -0.1) is 0 Å². The lowest BCUT2D eigenvalue weighted by atomic mass is 9.86. The van der Waals surface area contributed by atoms with Crippen LogP contribution in [0.1, 0.15) is 51.4 Å².